The Hall–Kier alpha value is -2.06. The summed E-state index contributed by atoms with van der Waals surface area (Å²) >= 11 is 1.07. The average Bonchev–Trinajstić information content (AvgIpc) is 2.92. The van der Waals surface area contributed by atoms with Crippen LogP contribution in [0.5, 0.6) is 0 Å². The van der Waals surface area contributed by atoms with Gasteiger partial charge in [0.05, 0.1) is 17.4 Å². The molecule has 2 rings (SSSR count). The largest absolute Gasteiger partial charge is 0.454 e. The normalized spacial score (nSPS) is 10.4. The second kappa shape index (κ2) is 6.92. The molecular weight excluding hydrogens is 282 g/mol. The fraction of sp³-hybridized carbons (Fsp3) is 0.333. The Morgan fingerprint density at radius 3 is 2.95 bits per heavy atom. The number of amides is 1. The number of hydrogen-bond acceptors (Lipinski definition) is 7. The molecule has 0 aliphatic rings. The zero-order valence-corrected chi connectivity index (χ0v) is 11.6. The van der Waals surface area contributed by atoms with Gasteiger partial charge in [-0.15, -0.1) is 0 Å². The van der Waals surface area contributed by atoms with Crippen LogP contribution in [-0.2, 0) is 19.1 Å². The SMILES string of the molecule is CCOCC(=O)OCC(=O)Nc1cccc2nsnc12. The van der Waals surface area contributed by atoms with E-state index >= 15 is 0 Å². The zero-order valence-electron chi connectivity index (χ0n) is 10.8. The maximum Gasteiger partial charge on any atom is 0.332 e. The van der Waals surface area contributed by atoms with Crippen LogP contribution >= 0.6 is 11.7 Å². The molecular formula is C12H13N3O4S. The van der Waals surface area contributed by atoms with E-state index in [0.29, 0.717) is 23.3 Å². The van der Waals surface area contributed by atoms with Crippen molar-refractivity contribution in [3.8, 4) is 0 Å². The summed E-state index contributed by atoms with van der Waals surface area (Å²) in [5, 5.41) is 2.63. The predicted octanol–water partition coefficient (Wildman–Crippen LogP) is 1.21. The van der Waals surface area contributed by atoms with Gasteiger partial charge in [0.1, 0.15) is 17.6 Å². The second-order valence-electron chi connectivity index (χ2n) is 3.78. The predicted molar refractivity (Wildman–Crippen MR) is 73.5 cm³/mol. The van der Waals surface area contributed by atoms with Crippen molar-refractivity contribution in [1.82, 2.24) is 8.75 Å². The molecule has 0 spiro atoms. The Morgan fingerprint density at radius 1 is 1.30 bits per heavy atom. The zero-order chi connectivity index (χ0) is 14.4. The number of rotatable bonds is 6. The second-order valence-corrected chi connectivity index (χ2v) is 4.31. The first-order valence-electron chi connectivity index (χ1n) is 5.95. The third kappa shape index (κ3) is 3.72. The van der Waals surface area contributed by atoms with Crippen molar-refractivity contribution < 1.29 is 19.1 Å². The lowest BCUT2D eigenvalue weighted by Gasteiger charge is -2.06. The minimum Gasteiger partial charge on any atom is -0.454 e. The fourth-order valence-corrected chi connectivity index (χ4v) is 2.02. The molecule has 7 nitrogen and oxygen atoms in total. The molecule has 0 aliphatic heterocycles. The summed E-state index contributed by atoms with van der Waals surface area (Å²) in [6.07, 6.45) is 0. The molecule has 2 aromatic rings. The summed E-state index contributed by atoms with van der Waals surface area (Å²) in [6, 6.07) is 5.28. The van der Waals surface area contributed by atoms with E-state index in [2.05, 4.69) is 14.1 Å². The van der Waals surface area contributed by atoms with E-state index in [0.717, 1.165) is 11.7 Å². The van der Waals surface area contributed by atoms with Gasteiger partial charge >= 0.3 is 5.97 Å². The van der Waals surface area contributed by atoms with Crippen LogP contribution in [0.4, 0.5) is 5.69 Å². The van der Waals surface area contributed by atoms with E-state index in [1.807, 2.05) is 0 Å². The van der Waals surface area contributed by atoms with Gasteiger partial charge in [-0.1, -0.05) is 6.07 Å². The monoisotopic (exact) mass is 295 g/mol. The number of nitrogens with one attached hydrogen (secondary N) is 1. The van der Waals surface area contributed by atoms with Gasteiger partial charge in [-0.25, -0.2) is 4.79 Å². The Balaban J connectivity index is 1.88. The molecule has 0 unspecified atom stereocenters. The van der Waals surface area contributed by atoms with Gasteiger partial charge in [0.25, 0.3) is 5.91 Å². The molecule has 0 saturated carbocycles. The quantitative estimate of drug-likeness (QED) is 0.806. The number of nitrogens with zero attached hydrogens (tertiary/aromatic N) is 2. The van der Waals surface area contributed by atoms with Crippen molar-refractivity contribution in [3.63, 3.8) is 0 Å². The molecule has 0 fully saturated rings. The number of carbonyl (C=O) groups excluding carboxylic acids is 2. The minimum atomic E-state index is -0.574. The highest BCUT2D eigenvalue weighted by Gasteiger charge is 2.10. The summed E-state index contributed by atoms with van der Waals surface area (Å²) in [5.41, 5.74) is 1.87. The third-order valence-corrected chi connectivity index (χ3v) is 2.89. The first kappa shape index (κ1) is 14.4. The number of anilines is 1. The van der Waals surface area contributed by atoms with Gasteiger partial charge in [-0.3, -0.25) is 4.79 Å². The molecule has 0 aliphatic carbocycles. The third-order valence-electron chi connectivity index (χ3n) is 2.35. The van der Waals surface area contributed by atoms with E-state index < -0.39 is 11.9 Å². The number of esters is 1. The topological polar surface area (TPSA) is 90.4 Å². The molecule has 0 bridgehead atoms. The lowest BCUT2D eigenvalue weighted by Crippen LogP contribution is -2.23. The summed E-state index contributed by atoms with van der Waals surface area (Å²) in [5.74, 6) is -1.01. The molecule has 1 N–H and O–H groups in total. The molecule has 1 aromatic carbocycles. The molecule has 0 saturated heterocycles. The molecule has 0 radical (unpaired) electrons. The molecule has 1 amide bonds. The fourth-order valence-electron chi connectivity index (χ4n) is 1.47. The Labute approximate surface area is 119 Å². The standard InChI is InChI=1S/C12H13N3O4S/c1-2-18-7-11(17)19-6-10(16)13-8-4-3-5-9-12(8)15-20-14-9/h3-5H,2,6-7H2,1H3,(H,13,16). The smallest absolute Gasteiger partial charge is 0.332 e. The number of ether oxygens (including phenoxy) is 2. The molecule has 8 heteroatoms. The average molecular weight is 295 g/mol. The van der Waals surface area contributed by atoms with Crippen molar-refractivity contribution >= 4 is 40.3 Å². The number of fused-ring (bicyclic) bond motifs is 1. The number of aromatic nitrogens is 2. The lowest BCUT2D eigenvalue weighted by molar-refractivity contribution is -0.151. The van der Waals surface area contributed by atoms with E-state index in [9.17, 15) is 9.59 Å². The lowest BCUT2D eigenvalue weighted by atomic mass is 10.2. The van der Waals surface area contributed by atoms with Crippen LogP contribution in [0, 0.1) is 0 Å². The minimum absolute atomic E-state index is 0.157. The highest BCUT2D eigenvalue weighted by atomic mass is 32.1. The first-order valence-corrected chi connectivity index (χ1v) is 6.68. The van der Waals surface area contributed by atoms with Gasteiger partial charge in [0.15, 0.2) is 6.61 Å². The molecule has 1 heterocycles. The maximum absolute atomic E-state index is 11.7. The summed E-state index contributed by atoms with van der Waals surface area (Å²) in [6.45, 7) is 1.66. The van der Waals surface area contributed by atoms with Crippen LogP contribution in [0.25, 0.3) is 11.0 Å². The maximum atomic E-state index is 11.7. The van der Waals surface area contributed by atoms with Crippen LogP contribution in [0.3, 0.4) is 0 Å². The van der Waals surface area contributed by atoms with Crippen molar-refractivity contribution in [2.24, 2.45) is 0 Å². The van der Waals surface area contributed by atoms with Crippen LogP contribution in [-0.4, -0.2) is 40.4 Å². The summed E-state index contributed by atoms with van der Waals surface area (Å²) in [4.78, 5) is 22.9. The van der Waals surface area contributed by atoms with Crippen LogP contribution < -0.4 is 5.32 Å². The van der Waals surface area contributed by atoms with E-state index in [1.54, 1.807) is 25.1 Å². The summed E-state index contributed by atoms with van der Waals surface area (Å²) < 4.78 is 17.8. The number of hydrogen-bond donors (Lipinski definition) is 1. The van der Waals surface area contributed by atoms with Gasteiger partial charge in [-0.05, 0) is 19.1 Å². The van der Waals surface area contributed by atoms with Crippen molar-refractivity contribution in [3.05, 3.63) is 18.2 Å². The first-order chi connectivity index (χ1) is 9.70. The van der Waals surface area contributed by atoms with Crippen molar-refractivity contribution in [1.29, 1.82) is 0 Å². The van der Waals surface area contributed by atoms with Crippen LogP contribution in [0.1, 0.15) is 6.92 Å². The van der Waals surface area contributed by atoms with Gasteiger partial charge in [-0.2, -0.15) is 8.75 Å². The van der Waals surface area contributed by atoms with E-state index in [-0.39, 0.29) is 13.2 Å². The van der Waals surface area contributed by atoms with Crippen molar-refractivity contribution in [2.45, 2.75) is 6.92 Å². The van der Waals surface area contributed by atoms with Crippen molar-refractivity contribution in [2.75, 3.05) is 25.1 Å². The molecule has 106 valence electrons. The Bertz CT molecular complexity index is 614. The Morgan fingerprint density at radius 2 is 2.15 bits per heavy atom. The molecule has 1 aromatic heterocycles. The highest BCUT2D eigenvalue weighted by molar-refractivity contribution is 7.00. The van der Waals surface area contributed by atoms with Gasteiger partial charge < -0.3 is 14.8 Å². The Kier molecular flexibility index (Phi) is 4.97. The van der Waals surface area contributed by atoms with Gasteiger partial charge in [0.2, 0.25) is 0 Å². The van der Waals surface area contributed by atoms with E-state index in [4.69, 9.17) is 9.47 Å². The number of benzene rings is 1. The van der Waals surface area contributed by atoms with Crippen LogP contribution in [0.2, 0.25) is 0 Å². The van der Waals surface area contributed by atoms with E-state index in [1.165, 1.54) is 0 Å². The van der Waals surface area contributed by atoms with Gasteiger partial charge in [0, 0.05) is 6.61 Å². The molecule has 20 heavy (non-hydrogen) atoms. The number of carbonyl (C=O) groups is 2. The highest BCUT2D eigenvalue weighted by Crippen LogP contribution is 2.20. The summed E-state index contributed by atoms with van der Waals surface area (Å²) in [7, 11) is 0. The van der Waals surface area contributed by atoms with Crippen LogP contribution in [0.15, 0.2) is 18.2 Å². The molecule has 0 atom stereocenters.